The van der Waals surface area contributed by atoms with E-state index in [1.807, 2.05) is 36.4 Å². The van der Waals surface area contributed by atoms with Crippen molar-refractivity contribution in [3.63, 3.8) is 0 Å². The third-order valence-corrected chi connectivity index (χ3v) is 3.91. The Labute approximate surface area is 114 Å². The molecule has 1 fully saturated rings. The molecule has 2 heteroatoms. The topological polar surface area (TPSA) is 32.3 Å². The summed E-state index contributed by atoms with van der Waals surface area (Å²) in [5.74, 6) is 0. The highest BCUT2D eigenvalue weighted by Gasteiger charge is 2.30. The molecule has 2 nitrogen and oxygen atoms in total. The highest BCUT2D eigenvalue weighted by Crippen LogP contribution is 2.32. The highest BCUT2D eigenvalue weighted by molar-refractivity contribution is 5.23. The summed E-state index contributed by atoms with van der Waals surface area (Å²) in [6.07, 6.45) is 1.67. The van der Waals surface area contributed by atoms with E-state index in [0.29, 0.717) is 6.04 Å². The lowest BCUT2D eigenvalue weighted by atomic mass is 10.0. The highest BCUT2D eigenvalue weighted by atomic mass is 16.3. The summed E-state index contributed by atoms with van der Waals surface area (Å²) in [4.78, 5) is 0. The smallest absolute Gasteiger partial charge is 0.0943 e. The van der Waals surface area contributed by atoms with E-state index in [2.05, 4.69) is 29.6 Å². The molecule has 19 heavy (non-hydrogen) atoms. The van der Waals surface area contributed by atoms with Crippen molar-refractivity contribution in [1.82, 2.24) is 5.32 Å². The Kier molecular flexibility index (Phi) is 3.62. The molecule has 1 aliphatic heterocycles. The number of hydrogen-bond acceptors (Lipinski definition) is 2. The van der Waals surface area contributed by atoms with Crippen molar-refractivity contribution in [3.05, 3.63) is 71.8 Å². The lowest BCUT2D eigenvalue weighted by Gasteiger charge is -2.20. The zero-order chi connectivity index (χ0) is 13.1. The van der Waals surface area contributed by atoms with E-state index in [4.69, 9.17) is 0 Å². The van der Waals surface area contributed by atoms with Gasteiger partial charge < -0.3 is 10.4 Å². The van der Waals surface area contributed by atoms with Gasteiger partial charge in [-0.15, -0.1) is 0 Å². The molecular formula is C17H19NO. The monoisotopic (exact) mass is 253 g/mol. The van der Waals surface area contributed by atoms with E-state index in [9.17, 15) is 5.11 Å². The van der Waals surface area contributed by atoms with Crippen molar-refractivity contribution >= 4 is 0 Å². The number of hydrogen-bond donors (Lipinski definition) is 2. The molecule has 0 bridgehead atoms. The van der Waals surface area contributed by atoms with Gasteiger partial charge in [0.05, 0.1) is 6.10 Å². The number of rotatable bonds is 3. The molecule has 98 valence electrons. The number of nitrogens with one attached hydrogen (secondary N) is 1. The SMILES string of the molecule is OC(c1ccccc1)C1CCC(c2ccccc2)N1. The number of aliphatic hydroxyl groups excluding tert-OH is 1. The minimum atomic E-state index is -0.421. The maximum atomic E-state index is 10.4. The van der Waals surface area contributed by atoms with Crippen LogP contribution in [0, 0.1) is 0 Å². The zero-order valence-electron chi connectivity index (χ0n) is 10.9. The summed E-state index contributed by atoms with van der Waals surface area (Å²) in [6.45, 7) is 0. The number of benzene rings is 2. The molecule has 1 saturated heterocycles. The summed E-state index contributed by atoms with van der Waals surface area (Å²) in [7, 11) is 0. The van der Waals surface area contributed by atoms with Crippen LogP contribution in [0.2, 0.25) is 0 Å². The molecule has 1 aliphatic rings. The Morgan fingerprint density at radius 3 is 2.21 bits per heavy atom. The Bertz CT molecular complexity index is 511. The summed E-state index contributed by atoms with van der Waals surface area (Å²) in [5.41, 5.74) is 2.30. The molecule has 0 radical (unpaired) electrons. The predicted octanol–water partition coefficient (Wildman–Crippen LogP) is 3.21. The van der Waals surface area contributed by atoms with E-state index in [0.717, 1.165) is 18.4 Å². The Hall–Kier alpha value is -1.64. The third-order valence-electron chi connectivity index (χ3n) is 3.91. The van der Waals surface area contributed by atoms with Crippen LogP contribution in [-0.2, 0) is 0 Å². The molecule has 1 heterocycles. The van der Waals surface area contributed by atoms with Crippen molar-refractivity contribution in [3.8, 4) is 0 Å². The van der Waals surface area contributed by atoms with E-state index in [1.54, 1.807) is 0 Å². The van der Waals surface area contributed by atoms with Crippen LogP contribution in [0.5, 0.6) is 0 Å². The van der Waals surface area contributed by atoms with E-state index in [-0.39, 0.29) is 6.04 Å². The van der Waals surface area contributed by atoms with Gasteiger partial charge in [0, 0.05) is 12.1 Å². The number of aliphatic hydroxyl groups is 1. The molecule has 2 aromatic rings. The van der Waals surface area contributed by atoms with Crippen molar-refractivity contribution in [1.29, 1.82) is 0 Å². The Morgan fingerprint density at radius 2 is 1.53 bits per heavy atom. The molecule has 3 unspecified atom stereocenters. The fourth-order valence-corrected chi connectivity index (χ4v) is 2.85. The van der Waals surface area contributed by atoms with E-state index < -0.39 is 6.10 Å². The second kappa shape index (κ2) is 5.55. The van der Waals surface area contributed by atoms with Crippen molar-refractivity contribution in [2.45, 2.75) is 31.0 Å². The Morgan fingerprint density at radius 1 is 0.895 bits per heavy atom. The first-order chi connectivity index (χ1) is 9.34. The summed E-state index contributed by atoms with van der Waals surface area (Å²) in [5, 5.41) is 14.0. The quantitative estimate of drug-likeness (QED) is 0.880. The van der Waals surface area contributed by atoms with Gasteiger partial charge in [0.25, 0.3) is 0 Å². The van der Waals surface area contributed by atoms with Gasteiger partial charge in [-0.05, 0) is 24.0 Å². The van der Waals surface area contributed by atoms with Crippen LogP contribution < -0.4 is 5.32 Å². The van der Waals surface area contributed by atoms with Gasteiger partial charge >= 0.3 is 0 Å². The van der Waals surface area contributed by atoms with E-state index >= 15 is 0 Å². The molecule has 0 aliphatic carbocycles. The fraction of sp³-hybridized carbons (Fsp3) is 0.294. The molecule has 0 saturated carbocycles. The van der Waals surface area contributed by atoms with Crippen LogP contribution in [0.15, 0.2) is 60.7 Å². The van der Waals surface area contributed by atoms with Crippen LogP contribution >= 0.6 is 0 Å². The second-order valence-corrected chi connectivity index (χ2v) is 5.17. The van der Waals surface area contributed by atoms with Crippen LogP contribution in [0.25, 0.3) is 0 Å². The fourth-order valence-electron chi connectivity index (χ4n) is 2.85. The van der Waals surface area contributed by atoms with Gasteiger partial charge in [0.1, 0.15) is 0 Å². The first kappa shape index (κ1) is 12.4. The van der Waals surface area contributed by atoms with Crippen LogP contribution in [0.1, 0.15) is 36.1 Å². The van der Waals surface area contributed by atoms with Crippen molar-refractivity contribution < 1.29 is 5.11 Å². The molecule has 0 aromatic heterocycles. The van der Waals surface area contributed by atoms with Crippen LogP contribution in [0.4, 0.5) is 0 Å². The van der Waals surface area contributed by atoms with Gasteiger partial charge in [0.15, 0.2) is 0 Å². The largest absolute Gasteiger partial charge is 0.387 e. The summed E-state index contributed by atoms with van der Waals surface area (Å²) < 4.78 is 0. The maximum absolute atomic E-state index is 10.4. The van der Waals surface area contributed by atoms with Gasteiger partial charge in [-0.1, -0.05) is 60.7 Å². The maximum Gasteiger partial charge on any atom is 0.0943 e. The minimum Gasteiger partial charge on any atom is -0.387 e. The molecule has 3 rings (SSSR count). The summed E-state index contributed by atoms with van der Waals surface area (Å²) in [6, 6.07) is 20.9. The lowest BCUT2D eigenvalue weighted by Crippen LogP contribution is -2.30. The van der Waals surface area contributed by atoms with Crippen molar-refractivity contribution in [2.75, 3.05) is 0 Å². The molecule has 3 atom stereocenters. The van der Waals surface area contributed by atoms with E-state index in [1.165, 1.54) is 5.56 Å². The average Bonchev–Trinajstić information content (AvgIpc) is 2.98. The molecule has 0 spiro atoms. The minimum absolute atomic E-state index is 0.146. The molecule has 0 amide bonds. The molecule has 2 N–H and O–H groups in total. The molecule has 2 aromatic carbocycles. The van der Waals surface area contributed by atoms with Crippen LogP contribution in [-0.4, -0.2) is 11.1 Å². The predicted molar refractivity (Wildman–Crippen MR) is 76.7 cm³/mol. The van der Waals surface area contributed by atoms with Crippen molar-refractivity contribution in [2.24, 2.45) is 0 Å². The first-order valence-corrected chi connectivity index (χ1v) is 6.88. The second-order valence-electron chi connectivity index (χ2n) is 5.17. The normalized spacial score (nSPS) is 24.3. The van der Waals surface area contributed by atoms with Gasteiger partial charge in [-0.3, -0.25) is 0 Å². The molecular weight excluding hydrogens is 234 g/mol. The van der Waals surface area contributed by atoms with Gasteiger partial charge in [0.2, 0.25) is 0 Å². The average molecular weight is 253 g/mol. The Balaban J connectivity index is 1.69. The zero-order valence-corrected chi connectivity index (χ0v) is 10.9. The lowest BCUT2D eigenvalue weighted by molar-refractivity contribution is 0.135. The summed E-state index contributed by atoms with van der Waals surface area (Å²) >= 11 is 0. The standard InChI is InChI=1S/C17H19NO/c19-17(14-9-5-2-6-10-14)16-12-11-15(18-16)13-7-3-1-4-8-13/h1-10,15-19H,11-12H2. The van der Waals surface area contributed by atoms with Gasteiger partial charge in [-0.2, -0.15) is 0 Å². The first-order valence-electron chi connectivity index (χ1n) is 6.88. The van der Waals surface area contributed by atoms with Crippen LogP contribution in [0.3, 0.4) is 0 Å². The third kappa shape index (κ3) is 2.70. The van der Waals surface area contributed by atoms with Gasteiger partial charge in [-0.25, -0.2) is 0 Å².